The molecule has 0 radical (unpaired) electrons. The smallest absolute Gasteiger partial charge is 0.127 e. The third-order valence-electron chi connectivity index (χ3n) is 2.97. The van der Waals surface area contributed by atoms with Crippen LogP contribution >= 0.6 is 11.3 Å². The van der Waals surface area contributed by atoms with Crippen molar-refractivity contribution in [3.05, 3.63) is 40.3 Å². The molecule has 0 saturated heterocycles. The Balaban J connectivity index is 2.03. The van der Waals surface area contributed by atoms with Crippen molar-refractivity contribution in [2.75, 3.05) is 14.2 Å². The van der Waals surface area contributed by atoms with Crippen molar-refractivity contribution >= 4 is 11.3 Å². The molecule has 1 atom stereocenters. The second kappa shape index (κ2) is 6.54. The first-order valence-corrected chi connectivity index (χ1v) is 6.95. The molecule has 0 aliphatic carbocycles. The third-order valence-corrected chi connectivity index (χ3v) is 3.93. The fourth-order valence-corrected chi connectivity index (χ4v) is 2.45. The molecule has 0 saturated carbocycles. The summed E-state index contributed by atoms with van der Waals surface area (Å²) in [5, 5.41) is 3.46. The summed E-state index contributed by atoms with van der Waals surface area (Å²) in [4.78, 5) is 5.32. The van der Waals surface area contributed by atoms with Crippen molar-refractivity contribution in [1.29, 1.82) is 0 Å². The van der Waals surface area contributed by atoms with Gasteiger partial charge in [0.15, 0.2) is 0 Å². The Kier molecular flexibility index (Phi) is 4.76. The standard InChI is InChI=1S/C14H18N2O2S/c1-10(14-8-15-9-19-14)16-7-11-4-5-12(17-2)6-13(11)18-3/h4-6,8-10,16H,7H2,1-3H3. The highest BCUT2D eigenvalue weighted by molar-refractivity contribution is 7.09. The molecule has 0 fully saturated rings. The van der Waals surface area contributed by atoms with Gasteiger partial charge in [0.2, 0.25) is 0 Å². The zero-order chi connectivity index (χ0) is 13.7. The van der Waals surface area contributed by atoms with Crippen molar-refractivity contribution in [3.8, 4) is 11.5 Å². The molecule has 19 heavy (non-hydrogen) atoms. The normalized spacial score (nSPS) is 12.2. The zero-order valence-electron chi connectivity index (χ0n) is 11.3. The van der Waals surface area contributed by atoms with E-state index in [1.165, 1.54) is 4.88 Å². The van der Waals surface area contributed by atoms with E-state index in [-0.39, 0.29) is 6.04 Å². The molecule has 0 aliphatic heterocycles. The molecule has 1 N–H and O–H groups in total. The number of thiazole rings is 1. The van der Waals surface area contributed by atoms with Gasteiger partial charge in [-0.05, 0) is 13.0 Å². The highest BCUT2D eigenvalue weighted by Gasteiger charge is 2.09. The molecular formula is C14H18N2O2S. The molecule has 2 rings (SSSR count). The lowest BCUT2D eigenvalue weighted by Gasteiger charge is -2.14. The van der Waals surface area contributed by atoms with Crippen molar-refractivity contribution in [1.82, 2.24) is 10.3 Å². The summed E-state index contributed by atoms with van der Waals surface area (Å²) >= 11 is 1.66. The lowest BCUT2D eigenvalue weighted by molar-refractivity contribution is 0.389. The van der Waals surface area contributed by atoms with Gasteiger partial charge in [0.05, 0.1) is 19.7 Å². The number of nitrogens with one attached hydrogen (secondary N) is 1. The van der Waals surface area contributed by atoms with E-state index in [0.29, 0.717) is 0 Å². The molecule has 1 unspecified atom stereocenters. The summed E-state index contributed by atoms with van der Waals surface area (Å²) in [6.45, 7) is 2.87. The van der Waals surface area contributed by atoms with E-state index in [1.54, 1.807) is 25.6 Å². The predicted octanol–water partition coefficient (Wildman–Crippen LogP) is 3.01. The number of methoxy groups -OCH3 is 2. The fraction of sp³-hybridized carbons (Fsp3) is 0.357. The van der Waals surface area contributed by atoms with Gasteiger partial charge in [-0.2, -0.15) is 0 Å². The van der Waals surface area contributed by atoms with Gasteiger partial charge >= 0.3 is 0 Å². The van der Waals surface area contributed by atoms with E-state index in [2.05, 4.69) is 17.2 Å². The first kappa shape index (κ1) is 13.8. The number of hydrogen-bond acceptors (Lipinski definition) is 5. The number of aromatic nitrogens is 1. The van der Waals surface area contributed by atoms with Crippen LogP contribution in [0.25, 0.3) is 0 Å². The van der Waals surface area contributed by atoms with E-state index >= 15 is 0 Å². The van der Waals surface area contributed by atoms with Gasteiger partial charge < -0.3 is 14.8 Å². The van der Waals surface area contributed by atoms with Gasteiger partial charge in [-0.15, -0.1) is 11.3 Å². The Hall–Kier alpha value is -1.59. The van der Waals surface area contributed by atoms with E-state index in [4.69, 9.17) is 9.47 Å². The SMILES string of the molecule is COc1ccc(CNC(C)c2cncs2)c(OC)c1. The first-order valence-electron chi connectivity index (χ1n) is 6.07. The van der Waals surface area contributed by atoms with Crippen LogP contribution in [0, 0.1) is 0 Å². The van der Waals surface area contributed by atoms with Crippen LogP contribution in [0.1, 0.15) is 23.4 Å². The van der Waals surface area contributed by atoms with Crippen LogP contribution in [0.15, 0.2) is 29.9 Å². The van der Waals surface area contributed by atoms with Crippen molar-refractivity contribution in [2.45, 2.75) is 19.5 Å². The maximum Gasteiger partial charge on any atom is 0.127 e. The highest BCUT2D eigenvalue weighted by Crippen LogP contribution is 2.25. The summed E-state index contributed by atoms with van der Waals surface area (Å²) in [5.41, 5.74) is 2.96. The monoisotopic (exact) mass is 278 g/mol. The molecule has 0 aliphatic rings. The maximum atomic E-state index is 5.38. The molecule has 1 aromatic carbocycles. The second-order valence-electron chi connectivity index (χ2n) is 4.18. The van der Waals surface area contributed by atoms with Crippen molar-refractivity contribution < 1.29 is 9.47 Å². The van der Waals surface area contributed by atoms with Crippen molar-refractivity contribution in [3.63, 3.8) is 0 Å². The molecule has 0 bridgehead atoms. The summed E-state index contributed by atoms with van der Waals surface area (Å²) in [6, 6.07) is 6.13. The predicted molar refractivity (Wildman–Crippen MR) is 76.9 cm³/mol. The molecule has 102 valence electrons. The maximum absolute atomic E-state index is 5.38. The summed E-state index contributed by atoms with van der Waals surface area (Å²) < 4.78 is 10.6. The minimum Gasteiger partial charge on any atom is -0.497 e. The number of ether oxygens (including phenoxy) is 2. The van der Waals surface area contributed by atoms with Gasteiger partial charge in [-0.25, -0.2) is 0 Å². The number of hydrogen-bond donors (Lipinski definition) is 1. The Morgan fingerprint density at radius 1 is 1.32 bits per heavy atom. The Bertz CT molecular complexity index is 514. The topological polar surface area (TPSA) is 43.4 Å². The van der Waals surface area contributed by atoms with E-state index < -0.39 is 0 Å². The van der Waals surface area contributed by atoms with Crippen LogP contribution in [0.4, 0.5) is 0 Å². The largest absolute Gasteiger partial charge is 0.497 e. The minimum atomic E-state index is 0.277. The molecular weight excluding hydrogens is 260 g/mol. The van der Waals surface area contributed by atoms with E-state index in [1.807, 2.05) is 29.9 Å². The summed E-state index contributed by atoms with van der Waals surface area (Å²) in [5.74, 6) is 1.64. The second-order valence-corrected chi connectivity index (χ2v) is 5.10. The minimum absolute atomic E-state index is 0.277. The Labute approximate surface area is 117 Å². The number of nitrogens with zero attached hydrogens (tertiary/aromatic N) is 1. The van der Waals surface area contributed by atoms with E-state index in [0.717, 1.165) is 23.6 Å². The molecule has 0 spiro atoms. The fourth-order valence-electron chi connectivity index (χ4n) is 1.80. The van der Waals surface area contributed by atoms with Crippen molar-refractivity contribution in [2.24, 2.45) is 0 Å². The zero-order valence-corrected chi connectivity index (χ0v) is 12.2. The van der Waals surface area contributed by atoms with E-state index in [9.17, 15) is 0 Å². The van der Waals surface area contributed by atoms with Crippen LogP contribution in [0.5, 0.6) is 11.5 Å². The molecule has 1 heterocycles. The van der Waals surface area contributed by atoms with Crippen LogP contribution < -0.4 is 14.8 Å². The molecule has 4 nitrogen and oxygen atoms in total. The number of benzene rings is 1. The lowest BCUT2D eigenvalue weighted by atomic mass is 10.1. The van der Waals surface area contributed by atoms with Crippen LogP contribution in [-0.4, -0.2) is 19.2 Å². The van der Waals surface area contributed by atoms with Gasteiger partial charge in [0, 0.05) is 35.3 Å². The molecule has 1 aromatic heterocycles. The first-order chi connectivity index (χ1) is 9.24. The average Bonchev–Trinajstić information content (AvgIpc) is 2.98. The van der Waals surface area contributed by atoms with Crippen LogP contribution in [0.3, 0.4) is 0 Å². The third kappa shape index (κ3) is 3.45. The summed E-state index contributed by atoms with van der Waals surface area (Å²) in [6.07, 6.45) is 1.90. The Morgan fingerprint density at radius 2 is 2.16 bits per heavy atom. The molecule has 0 amide bonds. The van der Waals surface area contributed by atoms with Gasteiger partial charge in [-0.3, -0.25) is 4.98 Å². The number of rotatable bonds is 6. The van der Waals surface area contributed by atoms with Gasteiger partial charge in [0.25, 0.3) is 0 Å². The van der Waals surface area contributed by atoms with Crippen LogP contribution in [-0.2, 0) is 6.54 Å². The van der Waals surface area contributed by atoms with Gasteiger partial charge in [0.1, 0.15) is 11.5 Å². The lowest BCUT2D eigenvalue weighted by Crippen LogP contribution is -2.17. The summed E-state index contributed by atoms with van der Waals surface area (Å²) in [7, 11) is 3.32. The van der Waals surface area contributed by atoms with Gasteiger partial charge in [-0.1, -0.05) is 6.07 Å². The molecule has 5 heteroatoms. The highest BCUT2D eigenvalue weighted by atomic mass is 32.1. The van der Waals surface area contributed by atoms with Crippen LogP contribution in [0.2, 0.25) is 0 Å². The molecule has 2 aromatic rings. The Morgan fingerprint density at radius 3 is 2.79 bits per heavy atom. The average molecular weight is 278 g/mol. The quantitative estimate of drug-likeness (QED) is 0.882.